The van der Waals surface area contributed by atoms with Gasteiger partial charge in [0.2, 0.25) is 5.91 Å². The lowest BCUT2D eigenvalue weighted by Gasteiger charge is -2.16. The molecule has 2 N–H and O–H groups in total. The Bertz CT molecular complexity index is 1680. The minimum absolute atomic E-state index is 0.0374. The summed E-state index contributed by atoms with van der Waals surface area (Å²) in [6, 6.07) is 12.1. The molecule has 9 nitrogen and oxygen atoms in total. The summed E-state index contributed by atoms with van der Waals surface area (Å²) in [7, 11) is -3.07. The summed E-state index contributed by atoms with van der Waals surface area (Å²) in [5.74, 6) is -0.239. The first-order valence-corrected chi connectivity index (χ1v) is 17.5. The van der Waals surface area contributed by atoms with Crippen molar-refractivity contribution >= 4 is 43.9 Å². The Hall–Kier alpha value is -3.96. The van der Waals surface area contributed by atoms with Gasteiger partial charge in [-0.3, -0.25) is 14.6 Å². The highest BCUT2D eigenvalue weighted by Gasteiger charge is 2.17. The van der Waals surface area contributed by atoms with Crippen LogP contribution in [0.1, 0.15) is 45.2 Å². The van der Waals surface area contributed by atoms with Crippen LogP contribution in [0, 0.1) is 11.8 Å². The van der Waals surface area contributed by atoms with Gasteiger partial charge in [0.1, 0.15) is 15.6 Å². The fraction of sp³-hybridized carbons (Fsp3) is 0.364. The van der Waals surface area contributed by atoms with Gasteiger partial charge in [-0.2, -0.15) is 0 Å². The lowest BCUT2D eigenvalue weighted by molar-refractivity contribution is -0.121. The summed E-state index contributed by atoms with van der Waals surface area (Å²) < 4.78 is 22.9. The molecular weight excluding hydrogens is 597 g/mol. The third-order valence-corrected chi connectivity index (χ3v) is 9.01. The normalized spacial score (nSPS) is 15.3. The molecule has 4 rings (SSSR count). The summed E-state index contributed by atoms with van der Waals surface area (Å²) in [5.41, 5.74) is 5.09. The van der Waals surface area contributed by atoms with E-state index < -0.39 is 15.7 Å². The molecule has 1 aliphatic carbocycles. The number of hydrogen-bond acceptors (Lipinski definition) is 8. The first-order valence-electron chi connectivity index (χ1n) is 14.6. The largest absolute Gasteiger partial charge is 0.343 e. The zero-order valence-electron chi connectivity index (χ0n) is 25.2. The number of amides is 2. The number of aromatic nitrogens is 2. The standard InChI is InChI=1S/C33H38N4O5S2/c1-22(16-23(2)38)10-11-29-19-26(12-14-34-29)25-7-5-8-27(18-25)30-21-43-33(36-30)37-31(39)20-35-32(40)28-9-4-6-24(17-28)13-15-44(3,41)42/h4-5,7-9,12,14,17-19,21-22,24H,6,10-11,13,15-16,20H2,1-3H3,(H,35,40)(H,36,37,39). The van der Waals surface area contributed by atoms with Gasteiger partial charge in [0.05, 0.1) is 18.0 Å². The number of anilines is 1. The van der Waals surface area contributed by atoms with Crippen LogP contribution in [0.25, 0.3) is 22.4 Å². The molecule has 2 atom stereocenters. The molecule has 2 unspecified atom stereocenters. The fourth-order valence-electron chi connectivity index (χ4n) is 4.99. The van der Waals surface area contributed by atoms with Crippen molar-refractivity contribution in [3.05, 3.63) is 77.5 Å². The van der Waals surface area contributed by atoms with Crippen LogP contribution in [0.3, 0.4) is 0 Å². The number of sulfone groups is 1. The van der Waals surface area contributed by atoms with Gasteiger partial charge in [0.15, 0.2) is 5.13 Å². The maximum atomic E-state index is 12.6. The van der Waals surface area contributed by atoms with Gasteiger partial charge in [0.25, 0.3) is 5.91 Å². The summed E-state index contributed by atoms with van der Waals surface area (Å²) in [6.45, 7) is 3.49. The number of rotatable bonds is 14. The number of nitrogens with zero attached hydrogens (tertiary/aromatic N) is 2. The molecule has 0 aliphatic heterocycles. The number of benzene rings is 1. The van der Waals surface area contributed by atoms with E-state index in [0.29, 0.717) is 35.9 Å². The van der Waals surface area contributed by atoms with Gasteiger partial charge < -0.3 is 15.4 Å². The van der Waals surface area contributed by atoms with Gasteiger partial charge in [-0.05, 0) is 73.8 Å². The summed E-state index contributed by atoms with van der Waals surface area (Å²) in [6.07, 6.45) is 11.7. The second-order valence-corrected chi connectivity index (χ2v) is 14.5. The molecule has 3 aromatic rings. The zero-order valence-corrected chi connectivity index (χ0v) is 26.8. The molecule has 1 aromatic carbocycles. The van der Waals surface area contributed by atoms with Crippen LogP contribution in [-0.2, 0) is 30.6 Å². The van der Waals surface area contributed by atoms with E-state index in [1.54, 1.807) is 25.3 Å². The minimum Gasteiger partial charge on any atom is -0.343 e. The van der Waals surface area contributed by atoms with E-state index in [0.717, 1.165) is 40.9 Å². The van der Waals surface area contributed by atoms with E-state index in [2.05, 4.69) is 33.6 Å². The molecule has 1 aliphatic rings. The molecule has 0 saturated heterocycles. The van der Waals surface area contributed by atoms with E-state index in [1.807, 2.05) is 41.8 Å². The van der Waals surface area contributed by atoms with Crippen molar-refractivity contribution in [3.8, 4) is 22.4 Å². The van der Waals surface area contributed by atoms with Gasteiger partial charge in [-0.25, -0.2) is 13.4 Å². The van der Waals surface area contributed by atoms with Crippen molar-refractivity contribution in [2.45, 2.75) is 46.0 Å². The lowest BCUT2D eigenvalue weighted by Crippen LogP contribution is -2.33. The van der Waals surface area contributed by atoms with Gasteiger partial charge >= 0.3 is 0 Å². The van der Waals surface area contributed by atoms with Crippen LogP contribution in [0.4, 0.5) is 5.13 Å². The molecule has 0 bridgehead atoms. The van der Waals surface area contributed by atoms with Crippen molar-refractivity contribution in [2.24, 2.45) is 11.8 Å². The Morgan fingerprint density at radius 3 is 2.66 bits per heavy atom. The highest BCUT2D eigenvalue weighted by Crippen LogP contribution is 2.29. The Balaban J connectivity index is 1.32. The van der Waals surface area contributed by atoms with Gasteiger partial charge in [0, 0.05) is 41.1 Å². The quantitative estimate of drug-likeness (QED) is 0.242. The SMILES string of the molecule is CC(=O)CC(C)CCc1cc(-c2cccc(-c3csc(NC(=O)CNC(=O)C4=CC(CCS(C)(=O)=O)CC=C4)n3)c2)ccn1. The Labute approximate surface area is 262 Å². The Morgan fingerprint density at radius 2 is 1.89 bits per heavy atom. The van der Waals surface area contributed by atoms with E-state index in [4.69, 9.17) is 0 Å². The summed E-state index contributed by atoms with van der Waals surface area (Å²) >= 11 is 1.30. The molecule has 2 aromatic heterocycles. The third-order valence-electron chi connectivity index (χ3n) is 7.27. The molecule has 0 saturated carbocycles. The number of Topliss-reactive ketones (excluding diaryl/α,β-unsaturated/α-hetero) is 1. The van der Waals surface area contributed by atoms with Crippen molar-refractivity contribution in [2.75, 3.05) is 23.9 Å². The highest BCUT2D eigenvalue weighted by atomic mass is 32.2. The van der Waals surface area contributed by atoms with Gasteiger partial charge in [-0.15, -0.1) is 11.3 Å². The minimum atomic E-state index is -3.07. The molecule has 0 fully saturated rings. The molecule has 44 heavy (non-hydrogen) atoms. The zero-order chi connectivity index (χ0) is 31.7. The molecule has 2 heterocycles. The number of pyridine rings is 1. The predicted molar refractivity (Wildman–Crippen MR) is 175 cm³/mol. The van der Waals surface area contributed by atoms with Crippen molar-refractivity contribution in [3.63, 3.8) is 0 Å². The predicted octanol–water partition coefficient (Wildman–Crippen LogP) is 5.41. The van der Waals surface area contributed by atoms with Crippen molar-refractivity contribution < 1.29 is 22.8 Å². The Morgan fingerprint density at radius 1 is 1.11 bits per heavy atom. The third kappa shape index (κ3) is 10.3. The van der Waals surface area contributed by atoms with E-state index in [-0.39, 0.29) is 29.9 Å². The van der Waals surface area contributed by atoms with Crippen molar-refractivity contribution in [1.82, 2.24) is 15.3 Å². The molecule has 11 heteroatoms. The van der Waals surface area contributed by atoms with E-state index in [9.17, 15) is 22.8 Å². The number of hydrogen-bond donors (Lipinski definition) is 2. The lowest BCUT2D eigenvalue weighted by atomic mass is 9.94. The van der Waals surface area contributed by atoms with Crippen molar-refractivity contribution in [1.29, 1.82) is 0 Å². The Kier molecular flexibility index (Phi) is 11.4. The van der Waals surface area contributed by atoms with E-state index >= 15 is 0 Å². The number of carbonyl (C=O) groups excluding carboxylic acids is 3. The van der Waals surface area contributed by atoms with Crippen LogP contribution in [0.15, 0.2) is 71.8 Å². The van der Waals surface area contributed by atoms with Crippen LogP contribution in [0.2, 0.25) is 0 Å². The van der Waals surface area contributed by atoms with E-state index in [1.165, 1.54) is 17.6 Å². The maximum Gasteiger partial charge on any atom is 0.251 e. The first kappa shape index (κ1) is 32.9. The number of thiazole rings is 1. The average molecular weight is 635 g/mol. The number of ketones is 1. The van der Waals surface area contributed by atoms with Crippen LogP contribution < -0.4 is 10.6 Å². The van der Waals surface area contributed by atoms with Crippen LogP contribution in [-0.4, -0.2) is 54.5 Å². The first-order chi connectivity index (χ1) is 20.9. The van der Waals surface area contributed by atoms with Crippen LogP contribution in [0.5, 0.6) is 0 Å². The second-order valence-electron chi connectivity index (χ2n) is 11.4. The molecule has 2 amide bonds. The van der Waals surface area contributed by atoms with Gasteiger partial charge in [-0.1, -0.05) is 43.4 Å². The summed E-state index contributed by atoms with van der Waals surface area (Å²) in [5, 5.41) is 7.67. The smallest absolute Gasteiger partial charge is 0.251 e. The average Bonchev–Trinajstić information content (AvgIpc) is 3.46. The number of allylic oxidation sites excluding steroid dienone is 2. The highest BCUT2D eigenvalue weighted by molar-refractivity contribution is 7.90. The monoisotopic (exact) mass is 634 g/mol. The molecule has 0 spiro atoms. The maximum absolute atomic E-state index is 12.6. The van der Waals surface area contributed by atoms with Crippen LogP contribution >= 0.6 is 11.3 Å². The second kappa shape index (κ2) is 15.2. The number of aryl methyl sites for hydroxylation is 1. The fourth-order valence-corrected chi connectivity index (χ4v) is 6.46. The topological polar surface area (TPSA) is 135 Å². The number of nitrogens with one attached hydrogen (secondary N) is 2. The molecule has 0 radical (unpaired) electrons. The molecule has 232 valence electrons. The summed E-state index contributed by atoms with van der Waals surface area (Å²) in [4.78, 5) is 45.6. The number of carbonyl (C=O) groups is 3. The molecular formula is C33H38N4O5S2.